The van der Waals surface area contributed by atoms with Gasteiger partial charge in [0.2, 0.25) is 5.91 Å². The number of carbonyl (C=O) groups is 1. The average Bonchev–Trinajstić information content (AvgIpc) is 3.58. The first-order valence-electron chi connectivity index (χ1n) is 12.1. The number of piperidine rings is 1. The number of halogens is 1. The van der Waals surface area contributed by atoms with Crippen LogP contribution in [0.15, 0.2) is 52.9 Å². The van der Waals surface area contributed by atoms with Gasteiger partial charge in [0.05, 0.1) is 35.7 Å². The van der Waals surface area contributed by atoms with E-state index in [9.17, 15) is 19.6 Å². The van der Waals surface area contributed by atoms with Crippen LogP contribution in [0.3, 0.4) is 0 Å². The van der Waals surface area contributed by atoms with Gasteiger partial charge in [0.1, 0.15) is 23.5 Å². The number of fused-ring (bicyclic) bond motifs is 3. The monoisotopic (exact) mass is 517 g/mol. The predicted octanol–water partition coefficient (Wildman–Crippen LogP) is 3.75. The van der Waals surface area contributed by atoms with Crippen molar-refractivity contribution in [3.8, 4) is 17.2 Å². The molecule has 6 heterocycles. The molecule has 2 saturated heterocycles. The Morgan fingerprint density at radius 1 is 1.19 bits per heavy atom. The van der Waals surface area contributed by atoms with Crippen molar-refractivity contribution < 1.29 is 14.3 Å². The molecular formula is C26H24FN7O2S. The van der Waals surface area contributed by atoms with E-state index in [-0.39, 0.29) is 24.0 Å². The molecule has 1 N–H and O–H groups in total. The SMILES string of the molecule is Cc1c(-c2cc(Sc3ccc(F)cn3)c3c(C#N)cnn3c2)cnn1[C@@H]1C[C@H]2CC[C@@H](C1)N2C(=O)CO. The van der Waals surface area contributed by atoms with Crippen LogP contribution in [-0.4, -0.2) is 59.0 Å². The van der Waals surface area contributed by atoms with E-state index in [0.717, 1.165) is 47.4 Å². The van der Waals surface area contributed by atoms with Gasteiger partial charge in [-0.25, -0.2) is 13.9 Å². The molecule has 11 heteroatoms. The summed E-state index contributed by atoms with van der Waals surface area (Å²) >= 11 is 1.35. The Kier molecular flexibility index (Phi) is 5.93. The maximum absolute atomic E-state index is 13.4. The Bertz CT molecular complexity index is 1530. The van der Waals surface area contributed by atoms with Crippen molar-refractivity contribution in [3.63, 3.8) is 0 Å². The maximum atomic E-state index is 13.4. The average molecular weight is 518 g/mol. The molecule has 6 rings (SSSR count). The molecule has 3 atom stereocenters. The molecular weight excluding hydrogens is 493 g/mol. The standard InChI is InChI=1S/C26H24FN7O2S/c1-15-22(12-31-34(15)21-7-19-3-4-20(8-21)33(19)25(36)14-35)16-6-23(37-24-5-2-18(27)11-29-24)26-17(9-28)10-30-32(26)13-16/h2,5-6,10-13,19-21,35H,3-4,7-8,14H2,1H3/t19-,20+,21-. The van der Waals surface area contributed by atoms with Gasteiger partial charge in [0, 0.05) is 40.0 Å². The third-order valence-corrected chi connectivity index (χ3v) is 8.43. The van der Waals surface area contributed by atoms with Gasteiger partial charge in [-0.3, -0.25) is 9.48 Å². The second-order valence-electron chi connectivity index (χ2n) is 9.53. The molecule has 0 spiro atoms. The fourth-order valence-electron chi connectivity index (χ4n) is 5.84. The third kappa shape index (κ3) is 4.06. The molecule has 0 aliphatic carbocycles. The second-order valence-corrected chi connectivity index (χ2v) is 10.6. The van der Waals surface area contributed by atoms with Crippen LogP contribution >= 0.6 is 11.8 Å². The summed E-state index contributed by atoms with van der Waals surface area (Å²) in [6.45, 7) is 1.59. The van der Waals surface area contributed by atoms with Crippen LogP contribution < -0.4 is 0 Å². The summed E-state index contributed by atoms with van der Waals surface area (Å²) in [4.78, 5) is 19.1. The highest BCUT2D eigenvalue weighted by molar-refractivity contribution is 7.99. The van der Waals surface area contributed by atoms with Crippen LogP contribution in [0.1, 0.15) is 43.0 Å². The van der Waals surface area contributed by atoms with Crippen molar-refractivity contribution in [1.82, 2.24) is 29.3 Å². The number of aliphatic hydroxyl groups is 1. The van der Waals surface area contributed by atoms with E-state index in [2.05, 4.69) is 20.8 Å². The lowest BCUT2D eigenvalue weighted by Crippen LogP contribution is -2.48. The predicted molar refractivity (Wildman–Crippen MR) is 133 cm³/mol. The van der Waals surface area contributed by atoms with E-state index in [1.165, 1.54) is 30.2 Å². The number of hydrogen-bond acceptors (Lipinski definition) is 7. The molecule has 2 fully saturated rings. The van der Waals surface area contributed by atoms with Crippen LogP contribution in [-0.2, 0) is 4.79 Å². The van der Waals surface area contributed by atoms with Crippen molar-refractivity contribution in [2.45, 2.75) is 60.7 Å². The molecule has 4 aromatic rings. The molecule has 9 nitrogen and oxygen atoms in total. The van der Waals surface area contributed by atoms with Crippen LogP contribution in [0.25, 0.3) is 16.6 Å². The fraction of sp³-hybridized carbons (Fsp3) is 0.346. The third-order valence-electron chi connectivity index (χ3n) is 7.45. The molecule has 37 heavy (non-hydrogen) atoms. The van der Waals surface area contributed by atoms with Crippen LogP contribution in [0.4, 0.5) is 4.39 Å². The number of hydrogen-bond donors (Lipinski definition) is 1. The van der Waals surface area contributed by atoms with Crippen LogP contribution in [0.2, 0.25) is 0 Å². The minimum Gasteiger partial charge on any atom is -0.387 e. The first-order chi connectivity index (χ1) is 18.0. The Morgan fingerprint density at radius 3 is 2.65 bits per heavy atom. The van der Waals surface area contributed by atoms with Crippen molar-refractivity contribution in [1.29, 1.82) is 5.26 Å². The lowest BCUT2D eigenvalue weighted by Gasteiger charge is -2.39. The maximum Gasteiger partial charge on any atom is 0.248 e. The van der Waals surface area contributed by atoms with Crippen molar-refractivity contribution in [2.24, 2.45) is 0 Å². The lowest BCUT2D eigenvalue weighted by molar-refractivity contribution is -0.139. The number of aliphatic hydroxyl groups excluding tert-OH is 1. The molecule has 0 unspecified atom stereocenters. The van der Waals surface area contributed by atoms with Crippen LogP contribution in [0, 0.1) is 24.1 Å². The summed E-state index contributed by atoms with van der Waals surface area (Å²) < 4.78 is 17.1. The summed E-state index contributed by atoms with van der Waals surface area (Å²) in [6.07, 6.45) is 9.98. The van der Waals surface area contributed by atoms with E-state index in [4.69, 9.17) is 5.10 Å². The molecule has 0 radical (unpaired) electrons. The van der Waals surface area contributed by atoms with Gasteiger partial charge in [-0.1, -0.05) is 11.8 Å². The zero-order chi connectivity index (χ0) is 25.7. The van der Waals surface area contributed by atoms with Gasteiger partial charge in [0.25, 0.3) is 0 Å². The van der Waals surface area contributed by atoms with Gasteiger partial charge >= 0.3 is 0 Å². The fourth-order valence-corrected chi connectivity index (χ4v) is 6.79. The molecule has 2 bridgehead atoms. The number of carbonyl (C=O) groups excluding carboxylic acids is 1. The van der Waals surface area contributed by atoms with E-state index in [1.807, 2.05) is 30.3 Å². The number of pyridine rings is 2. The summed E-state index contributed by atoms with van der Waals surface area (Å²) in [7, 11) is 0. The van der Waals surface area contributed by atoms with Gasteiger partial charge in [-0.15, -0.1) is 0 Å². The summed E-state index contributed by atoms with van der Waals surface area (Å²) in [5.74, 6) is -0.595. The smallest absolute Gasteiger partial charge is 0.248 e. The van der Waals surface area contributed by atoms with Gasteiger partial charge in [0.15, 0.2) is 0 Å². The largest absolute Gasteiger partial charge is 0.387 e. The summed E-state index contributed by atoms with van der Waals surface area (Å²) in [5, 5.41) is 28.7. The Morgan fingerprint density at radius 2 is 1.97 bits per heavy atom. The van der Waals surface area contributed by atoms with E-state index in [0.29, 0.717) is 16.1 Å². The topological polar surface area (TPSA) is 112 Å². The first-order valence-corrected chi connectivity index (χ1v) is 13.0. The number of rotatable bonds is 5. The molecule has 4 aromatic heterocycles. The number of nitriles is 1. The molecule has 2 aliphatic heterocycles. The highest BCUT2D eigenvalue weighted by Crippen LogP contribution is 2.42. The van der Waals surface area contributed by atoms with Crippen molar-refractivity contribution in [3.05, 3.63) is 60.1 Å². The zero-order valence-electron chi connectivity index (χ0n) is 20.1. The normalized spacial score (nSPS) is 20.9. The van der Waals surface area contributed by atoms with E-state index in [1.54, 1.807) is 10.6 Å². The first kappa shape index (κ1) is 23.6. The Balaban J connectivity index is 1.35. The van der Waals surface area contributed by atoms with E-state index >= 15 is 0 Å². The molecule has 2 aliphatic rings. The second kappa shape index (κ2) is 9.28. The van der Waals surface area contributed by atoms with Crippen molar-refractivity contribution in [2.75, 3.05) is 6.61 Å². The summed E-state index contributed by atoms with van der Waals surface area (Å²) in [5.41, 5.74) is 3.97. The van der Waals surface area contributed by atoms with Gasteiger partial charge < -0.3 is 10.0 Å². The molecule has 188 valence electrons. The summed E-state index contributed by atoms with van der Waals surface area (Å²) in [6, 6.07) is 7.59. The Labute approximate surface area is 216 Å². The van der Waals surface area contributed by atoms with Gasteiger partial charge in [-0.2, -0.15) is 15.5 Å². The lowest BCUT2D eigenvalue weighted by atomic mass is 9.96. The van der Waals surface area contributed by atoms with Gasteiger partial charge in [-0.05, 0) is 50.8 Å². The number of nitrogens with zero attached hydrogens (tertiary/aromatic N) is 7. The molecule has 0 aromatic carbocycles. The zero-order valence-corrected chi connectivity index (χ0v) is 20.9. The molecule has 0 saturated carbocycles. The number of aromatic nitrogens is 5. The van der Waals surface area contributed by atoms with Crippen LogP contribution in [0.5, 0.6) is 0 Å². The highest BCUT2D eigenvalue weighted by atomic mass is 32.2. The van der Waals surface area contributed by atoms with E-state index < -0.39 is 12.4 Å². The number of amides is 1. The van der Waals surface area contributed by atoms with Crippen molar-refractivity contribution >= 4 is 23.2 Å². The highest BCUT2D eigenvalue weighted by Gasteiger charge is 2.44. The quantitative estimate of drug-likeness (QED) is 0.429. The Hall–Kier alpha value is -3.75. The molecule has 1 amide bonds. The minimum atomic E-state index is -0.445. The minimum absolute atomic E-state index is 0.131.